The molecule has 262 valence electrons. The van der Waals surface area contributed by atoms with Crippen LogP contribution in [0.15, 0.2) is 192 Å². The van der Waals surface area contributed by atoms with Crippen LogP contribution in [0.1, 0.15) is 0 Å². The molecule has 0 fully saturated rings. The lowest BCUT2D eigenvalue weighted by molar-refractivity contribution is 0.670. The van der Waals surface area contributed by atoms with Crippen molar-refractivity contribution in [2.75, 3.05) is 0 Å². The molecule has 0 saturated heterocycles. The van der Waals surface area contributed by atoms with Crippen molar-refractivity contribution in [3.05, 3.63) is 188 Å². The van der Waals surface area contributed by atoms with E-state index in [0.29, 0.717) is 17.5 Å². The molecule has 0 spiro atoms. The maximum Gasteiger partial charge on any atom is 0.167 e. The molecule has 56 heavy (non-hydrogen) atoms. The molecule has 0 unspecified atom stereocenters. The molecular formula is C51H31N3OS. The van der Waals surface area contributed by atoms with Crippen LogP contribution in [0.5, 0.6) is 0 Å². The number of nitrogens with zero attached hydrogens (tertiary/aromatic N) is 3. The Morgan fingerprint density at radius 3 is 1.46 bits per heavy atom. The molecule has 0 atom stereocenters. The second kappa shape index (κ2) is 13.3. The van der Waals surface area contributed by atoms with Gasteiger partial charge in [-0.25, -0.2) is 15.0 Å². The van der Waals surface area contributed by atoms with E-state index in [-0.39, 0.29) is 0 Å². The summed E-state index contributed by atoms with van der Waals surface area (Å²) >= 11 is 1.85. The maximum atomic E-state index is 7.01. The molecule has 3 aromatic heterocycles. The van der Waals surface area contributed by atoms with Crippen molar-refractivity contribution in [2.45, 2.75) is 0 Å². The maximum absolute atomic E-state index is 7.01. The van der Waals surface area contributed by atoms with E-state index in [2.05, 4.69) is 152 Å². The summed E-state index contributed by atoms with van der Waals surface area (Å²) in [6.07, 6.45) is 0. The van der Waals surface area contributed by atoms with Crippen molar-refractivity contribution >= 4 is 53.4 Å². The van der Waals surface area contributed by atoms with Crippen molar-refractivity contribution in [3.63, 3.8) is 0 Å². The number of furan rings is 1. The van der Waals surface area contributed by atoms with E-state index in [4.69, 9.17) is 19.4 Å². The fraction of sp³-hybridized carbons (Fsp3) is 0. The minimum Gasteiger partial charge on any atom is -0.455 e. The highest BCUT2D eigenvalue weighted by atomic mass is 32.1. The molecular weight excluding hydrogens is 703 g/mol. The lowest BCUT2D eigenvalue weighted by atomic mass is 9.96. The summed E-state index contributed by atoms with van der Waals surface area (Å²) in [5, 5.41) is 4.56. The first-order chi connectivity index (χ1) is 27.8. The Labute approximate surface area is 327 Å². The normalized spacial score (nSPS) is 11.6. The van der Waals surface area contributed by atoms with Gasteiger partial charge in [-0.05, 0) is 39.9 Å². The SMILES string of the molecule is c1ccc(-c2ccc(-c3nc(-c4ccccc4)nc(-c4cccc5c4oc4c(-c6cccc7sc8c(-c9ccccc9)cccc8c67)cccc45)n3)cc2)cc1. The largest absolute Gasteiger partial charge is 0.455 e. The van der Waals surface area contributed by atoms with Crippen molar-refractivity contribution in [1.29, 1.82) is 0 Å². The Balaban J connectivity index is 1.09. The topological polar surface area (TPSA) is 51.8 Å². The van der Waals surface area contributed by atoms with Crippen LogP contribution in [0.25, 0.3) is 110 Å². The molecule has 0 aliphatic carbocycles. The zero-order chi connectivity index (χ0) is 37.0. The summed E-state index contributed by atoms with van der Waals surface area (Å²) in [6.45, 7) is 0. The number of hydrogen-bond acceptors (Lipinski definition) is 5. The number of fused-ring (bicyclic) bond motifs is 6. The molecule has 8 aromatic carbocycles. The zero-order valence-electron chi connectivity index (χ0n) is 30.1. The highest BCUT2D eigenvalue weighted by Crippen LogP contribution is 2.46. The highest BCUT2D eigenvalue weighted by molar-refractivity contribution is 7.26. The van der Waals surface area contributed by atoms with Gasteiger partial charge in [0.1, 0.15) is 11.2 Å². The smallest absolute Gasteiger partial charge is 0.167 e. The monoisotopic (exact) mass is 733 g/mol. The Morgan fingerprint density at radius 2 is 0.786 bits per heavy atom. The summed E-state index contributed by atoms with van der Waals surface area (Å²) in [4.78, 5) is 15.2. The van der Waals surface area contributed by atoms with Crippen LogP contribution in [0.2, 0.25) is 0 Å². The second-order valence-corrected chi connectivity index (χ2v) is 15.0. The van der Waals surface area contributed by atoms with Crippen LogP contribution in [0.3, 0.4) is 0 Å². The molecule has 3 heterocycles. The van der Waals surface area contributed by atoms with Gasteiger partial charge in [0.15, 0.2) is 17.5 Å². The molecule has 0 aliphatic heterocycles. The minimum atomic E-state index is 0.562. The minimum absolute atomic E-state index is 0.562. The average Bonchev–Trinajstić information content (AvgIpc) is 3.86. The molecule has 0 amide bonds. The third-order valence-electron chi connectivity index (χ3n) is 10.6. The van der Waals surface area contributed by atoms with Gasteiger partial charge in [-0.3, -0.25) is 0 Å². The van der Waals surface area contributed by atoms with Gasteiger partial charge in [0.05, 0.1) is 5.56 Å². The third-order valence-corrected chi connectivity index (χ3v) is 11.8. The van der Waals surface area contributed by atoms with Gasteiger partial charge in [-0.15, -0.1) is 11.3 Å². The number of thiophene rings is 1. The van der Waals surface area contributed by atoms with E-state index in [0.717, 1.165) is 60.9 Å². The molecule has 5 heteroatoms. The van der Waals surface area contributed by atoms with Crippen LogP contribution in [-0.2, 0) is 0 Å². The molecule has 0 saturated carbocycles. The van der Waals surface area contributed by atoms with Crippen LogP contribution in [0.4, 0.5) is 0 Å². The van der Waals surface area contributed by atoms with Crippen LogP contribution >= 0.6 is 11.3 Å². The molecule has 0 bridgehead atoms. The lowest BCUT2D eigenvalue weighted by Crippen LogP contribution is -2.00. The summed E-state index contributed by atoms with van der Waals surface area (Å²) in [6, 6.07) is 65.5. The first kappa shape index (κ1) is 32.2. The van der Waals surface area contributed by atoms with E-state index in [1.165, 1.54) is 31.3 Å². The van der Waals surface area contributed by atoms with Gasteiger partial charge in [-0.1, -0.05) is 176 Å². The summed E-state index contributed by atoms with van der Waals surface area (Å²) in [5.74, 6) is 1.78. The number of rotatable bonds is 6. The number of para-hydroxylation sites is 2. The fourth-order valence-corrected chi connectivity index (χ4v) is 9.17. The van der Waals surface area contributed by atoms with Gasteiger partial charge in [0, 0.05) is 47.6 Å². The molecule has 0 N–H and O–H groups in total. The van der Waals surface area contributed by atoms with E-state index < -0.39 is 0 Å². The van der Waals surface area contributed by atoms with Crippen molar-refractivity contribution in [3.8, 4) is 67.5 Å². The Bertz CT molecular complexity index is 3230. The molecule has 11 rings (SSSR count). The third kappa shape index (κ3) is 5.40. The van der Waals surface area contributed by atoms with Gasteiger partial charge >= 0.3 is 0 Å². The first-order valence-electron chi connectivity index (χ1n) is 18.7. The quantitative estimate of drug-likeness (QED) is 0.171. The van der Waals surface area contributed by atoms with Crippen LogP contribution < -0.4 is 0 Å². The van der Waals surface area contributed by atoms with Gasteiger partial charge in [-0.2, -0.15) is 0 Å². The Hall–Kier alpha value is -7.21. The van der Waals surface area contributed by atoms with E-state index >= 15 is 0 Å². The highest BCUT2D eigenvalue weighted by Gasteiger charge is 2.21. The standard InChI is InChI=1S/C51H31N3OS/c1-4-14-32(15-5-1)33-28-30-36(31-29-33)50-52-49(35-18-8-3-9-19-35)53-51(54-50)43-26-12-24-41-40-23-11-22-39(46(40)55-47(41)43)38-21-13-27-44-45(38)42-25-10-20-37(48(42)56-44)34-16-6-2-7-17-34/h1-31H. The van der Waals surface area contributed by atoms with Gasteiger partial charge in [0.25, 0.3) is 0 Å². The lowest BCUT2D eigenvalue weighted by Gasteiger charge is -2.09. The van der Waals surface area contributed by atoms with E-state index in [1.807, 2.05) is 47.7 Å². The number of hydrogen-bond donors (Lipinski definition) is 0. The Kier molecular flexibility index (Phi) is 7.64. The second-order valence-electron chi connectivity index (χ2n) is 13.9. The molecule has 11 aromatic rings. The summed E-state index contributed by atoms with van der Waals surface area (Å²) < 4.78 is 9.55. The summed E-state index contributed by atoms with van der Waals surface area (Å²) in [7, 11) is 0. The number of benzene rings is 8. The fourth-order valence-electron chi connectivity index (χ4n) is 7.91. The Morgan fingerprint density at radius 1 is 0.321 bits per heavy atom. The summed E-state index contributed by atoms with van der Waals surface area (Å²) in [5.41, 5.74) is 11.2. The van der Waals surface area contributed by atoms with Crippen LogP contribution in [0, 0.1) is 0 Å². The van der Waals surface area contributed by atoms with E-state index in [1.54, 1.807) is 0 Å². The van der Waals surface area contributed by atoms with E-state index in [9.17, 15) is 0 Å². The van der Waals surface area contributed by atoms with Crippen molar-refractivity contribution in [1.82, 2.24) is 15.0 Å². The van der Waals surface area contributed by atoms with Crippen molar-refractivity contribution in [2.24, 2.45) is 0 Å². The molecule has 0 aliphatic rings. The predicted molar refractivity (Wildman–Crippen MR) is 233 cm³/mol. The molecule has 4 nitrogen and oxygen atoms in total. The zero-order valence-corrected chi connectivity index (χ0v) is 30.9. The molecule has 0 radical (unpaired) electrons. The first-order valence-corrected chi connectivity index (χ1v) is 19.5. The predicted octanol–water partition coefficient (Wildman–Crippen LogP) is 14.1. The van der Waals surface area contributed by atoms with Crippen LogP contribution in [-0.4, -0.2) is 15.0 Å². The average molecular weight is 734 g/mol. The number of aromatic nitrogens is 3. The van der Waals surface area contributed by atoms with Crippen molar-refractivity contribution < 1.29 is 4.42 Å². The van der Waals surface area contributed by atoms with Gasteiger partial charge in [0.2, 0.25) is 0 Å². The van der Waals surface area contributed by atoms with Gasteiger partial charge < -0.3 is 4.42 Å².